The molecule has 1 fully saturated rings. The lowest BCUT2D eigenvalue weighted by molar-refractivity contribution is 0.318. The van der Waals surface area contributed by atoms with Gasteiger partial charge in [-0.3, -0.25) is 0 Å². The van der Waals surface area contributed by atoms with E-state index in [4.69, 9.17) is 0 Å². The molecule has 1 unspecified atom stereocenters. The Kier molecular flexibility index (Phi) is 5.87. The normalized spacial score (nSPS) is 18.4. The van der Waals surface area contributed by atoms with Crippen molar-refractivity contribution in [2.24, 2.45) is 5.92 Å². The molecule has 2 heteroatoms. The van der Waals surface area contributed by atoms with E-state index in [9.17, 15) is 0 Å². The molecule has 0 aromatic heterocycles. The molecule has 1 aliphatic rings. The van der Waals surface area contributed by atoms with Gasteiger partial charge in [0.05, 0.1) is 0 Å². The summed E-state index contributed by atoms with van der Waals surface area (Å²) in [5.74, 6) is 0.869. The summed E-state index contributed by atoms with van der Waals surface area (Å²) in [5.41, 5.74) is 2.91. The zero-order valence-electron chi connectivity index (χ0n) is 12.4. The monoisotopic (exact) mass is 260 g/mol. The van der Waals surface area contributed by atoms with E-state index < -0.39 is 0 Å². The van der Waals surface area contributed by atoms with E-state index >= 15 is 0 Å². The minimum Gasteiger partial charge on any atom is -0.317 e. The summed E-state index contributed by atoms with van der Waals surface area (Å²) in [6, 6.07) is 9.73. The first-order chi connectivity index (χ1) is 9.33. The molecule has 1 saturated heterocycles. The second-order valence-electron chi connectivity index (χ2n) is 5.76. The van der Waals surface area contributed by atoms with Gasteiger partial charge in [-0.05, 0) is 62.9 Å². The number of nitrogens with one attached hydrogen (secondary N) is 2. The van der Waals surface area contributed by atoms with Crippen LogP contribution in [0.5, 0.6) is 0 Å². The Morgan fingerprint density at radius 1 is 1.21 bits per heavy atom. The summed E-state index contributed by atoms with van der Waals surface area (Å²) in [6.07, 6.45) is 6.34. The summed E-state index contributed by atoms with van der Waals surface area (Å²) in [6.45, 7) is 4.62. The Morgan fingerprint density at radius 2 is 1.89 bits per heavy atom. The average molecular weight is 260 g/mol. The summed E-state index contributed by atoms with van der Waals surface area (Å²) >= 11 is 0. The van der Waals surface area contributed by atoms with Gasteiger partial charge in [-0.2, -0.15) is 0 Å². The van der Waals surface area contributed by atoms with Crippen molar-refractivity contribution in [1.82, 2.24) is 10.6 Å². The van der Waals surface area contributed by atoms with Crippen LogP contribution in [0.15, 0.2) is 24.3 Å². The van der Waals surface area contributed by atoms with Crippen molar-refractivity contribution in [2.45, 2.75) is 45.1 Å². The highest BCUT2D eigenvalue weighted by Gasteiger charge is 2.18. The van der Waals surface area contributed by atoms with E-state index in [2.05, 4.69) is 48.9 Å². The maximum atomic E-state index is 3.50. The van der Waals surface area contributed by atoms with Gasteiger partial charge in [-0.25, -0.2) is 0 Å². The second kappa shape index (κ2) is 7.66. The maximum absolute atomic E-state index is 3.50. The SMILES string of the molecule is CCCc1ccc(C(CC2CCNCC2)NC)cc1. The third kappa shape index (κ3) is 4.32. The molecule has 0 bridgehead atoms. The second-order valence-corrected chi connectivity index (χ2v) is 5.76. The average Bonchev–Trinajstić information content (AvgIpc) is 2.47. The smallest absolute Gasteiger partial charge is 0.0320 e. The van der Waals surface area contributed by atoms with Crippen molar-refractivity contribution >= 4 is 0 Å². The van der Waals surface area contributed by atoms with Gasteiger partial charge in [-0.15, -0.1) is 0 Å². The molecule has 2 nitrogen and oxygen atoms in total. The quantitative estimate of drug-likeness (QED) is 0.820. The van der Waals surface area contributed by atoms with Crippen LogP contribution in [0.2, 0.25) is 0 Å². The number of hydrogen-bond donors (Lipinski definition) is 2. The molecule has 2 N–H and O–H groups in total. The van der Waals surface area contributed by atoms with Gasteiger partial charge in [0.25, 0.3) is 0 Å². The van der Waals surface area contributed by atoms with Crippen molar-refractivity contribution < 1.29 is 0 Å². The summed E-state index contributed by atoms with van der Waals surface area (Å²) < 4.78 is 0. The van der Waals surface area contributed by atoms with Crippen molar-refractivity contribution in [1.29, 1.82) is 0 Å². The summed E-state index contributed by atoms with van der Waals surface area (Å²) in [5, 5.41) is 6.94. The summed E-state index contributed by atoms with van der Waals surface area (Å²) in [4.78, 5) is 0. The third-order valence-electron chi connectivity index (χ3n) is 4.30. The van der Waals surface area contributed by atoms with Gasteiger partial charge in [0.15, 0.2) is 0 Å². The lowest BCUT2D eigenvalue weighted by atomic mass is 9.88. The fraction of sp³-hybridized carbons (Fsp3) is 0.647. The lowest BCUT2D eigenvalue weighted by Gasteiger charge is -2.27. The van der Waals surface area contributed by atoms with Crippen LogP contribution in [-0.4, -0.2) is 20.1 Å². The van der Waals surface area contributed by atoms with Gasteiger partial charge in [-0.1, -0.05) is 37.6 Å². The molecule has 2 rings (SSSR count). The zero-order valence-corrected chi connectivity index (χ0v) is 12.4. The zero-order chi connectivity index (χ0) is 13.5. The fourth-order valence-electron chi connectivity index (χ4n) is 3.08. The van der Waals surface area contributed by atoms with E-state index in [1.54, 1.807) is 0 Å². The molecule has 0 spiro atoms. The number of rotatable bonds is 6. The Morgan fingerprint density at radius 3 is 2.47 bits per heavy atom. The number of piperidine rings is 1. The number of aryl methyl sites for hydroxylation is 1. The first-order valence-corrected chi connectivity index (χ1v) is 7.80. The predicted octanol–water partition coefficient (Wildman–Crippen LogP) is 3.29. The summed E-state index contributed by atoms with van der Waals surface area (Å²) in [7, 11) is 2.09. The number of benzene rings is 1. The lowest BCUT2D eigenvalue weighted by Crippen LogP contribution is -2.30. The molecular formula is C17H28N2. The standard InChI is InChI=1S/C17H28N2/c1-3-4-14-5-7-16(8-6-14)17(18-2)13-15-9-11-19-12-10-15/h5-8,15,17-19H,3-4,9-13H2,1-2H3. The van der Waals surface area contributed by atoms with Crippen LogP contribution in [-0.2, 0) is 6.42 Å². The van der Waals surface area contributed by atoms with Gasteiger partial charge in [0, 0.05) is 6.04 Å². The highest BCUT2D eigenvalue weighted by Crippen LogP contribution is 2.26. The van der Waals surface area contributed by atoms with Crippen molar-refractivity contribution in [2.75, 3.05) is 20.1 Å². The Labute approximate surface area is 118 Å². The van der Waals surface area contributed by atoms with Crippen molar-refractivity contribution in [3.63, 3.8) is 0 Å². The minimum absolute atomic E-state index is 0.513. The van der Waals surface area contributed by atoms with Crippen LogP contribution in [0.1, 0.15) is 49.8 Å². The van der Waals surface area contributed by atoms with E-state index in [-0.39, 0.29) is 0 Å². The van der Waals surface area contributed by atoms with Crippen molar-refractivity contribution in [3.8, 4) is 0 Å². The molecule has 1 heterocycles. The van der Waals surface area contributed by atoms with Crippen LogP contribution in [0.25, 0.3) is 0 Å². The molecule has 1 aliphatic heterocycles. The Hall–Kier alpha value is -0.860. The molecule has 1 aromatic carbocycles. The molecule has 1 aromatic rings. The molecule has 0 aliphatic carbocycles. The van der Waals surface area contributed by atoms with Crippen LogP contribution in [0, 0.1) is 5.92 Å². The molecule has 1 atom stereocenters. The highest BCUT2D eigenvalue weighted by molar-refractivity contribution is 5.25. The minimum atomic E-state index is 0.513. The maximum Gasteiger partial charge on any atom is 0.0320 e. The van der Waals surface area contributed by atoms with Gasteiger partial charge in [0.2, 0.25) is 0 Å². The molecule has 106 valence electrons. The highest BCUT2D eigenvalue weighted by atomic mass is 14.9. The Balaban J connectivity index is 1.95. The number of hydrogen-bond acceptors (Lipinski definition) is 2. The van der Waals surface area contributed by atoms with Crippen LogP contribution >= 0.6 is 0 Å². The van der Waals surface area contributed by atoms with Gasteiger partial charge < -0.3 is 10.6 Å². The third-order valence-corrected chi connectivity index (χ3v) is 4.30. The van der Waals surface area contributed by atoms with Crippen molar-refractivity contribution in [3.05, 3.63) is 35.4 Å². The first-order valence-electron chi connectivity index (χ1n) is 7.80. The first kappa shape index (κ1) is 14.5. The van der Waals surface area contributed by atoms with E-state index in [0.29, 0.717) is 6.04 Å². The molecule has 0 saturated carbocycles. The molecule has 0 radical (unpaired) electrons. The molecule has 19 heavy (non-hydrogen) atoms. The van der Waals surface area contributed by atoms with Crippen LogP contribution in [0.4, 0.5) is 0 Å². The van der Waals surface area contributed by atoms with Crippen LogP contribution < -0.4 is 10.6 Å². The van der Waals surface area contributed by atoms with Crippen LogP contribution in [0.3, 0.4) is 0 Å². The van der Waals surface area contributed by atoms with Gasteiger partial charge >= 0.3 is 0 Å². The fourth-order valence-corrected chi connectivity index (χ4v) is 3.08. The topological polar surface area (TPSA) is 24.1 Å². The van der Waals surface area contributed by atoms with E-state index in [1.165, 1.54) is 56.3 Å². The largest absolute Gasteiger partial charge is 0.317 e. The molecule has 0 amide bonds. The predicted molar refractivity (Wildman–Crippen MR) is 82.4 cm³/mol. The van der Waals surface area contributed by atoms with E-state index in [0.717, 1.165) is 5.92 Å². The molecular weight excluding hydrogens is 232 g/mol. The van der Waals surface area contributed by atoms with E-state index in [1.807, 2.05) is 0 Å². The Bertz CT molecular complexity index is 352. The van der Waals surface area contributed by atoms with Gasteiger partial charge in [0.1, 0.15) is 0 Å².